The Labute approximate surface area is 124 Å². The van der Waals surface area contributed by atoms with E-state index in [-0.39, 0.29) is 0 Å². The van der Waals surface area contributed by atoms with Crippen LogP contribution in [-0.2, 0) is 0 Å². The van der Waals surface area contributed by atoms with Crippen LogP contribution in [0.4, 0.5) is 0 Å². The van der Waals surface area contributed by atoms with Gasteiger partial charge in [0.25, 0.3) is 0 Å². The molecule has 0 amide bonds. The maximum atomic E-state index is 5.98. The standard InChI is InChI=1S/C18H30N2/c1-5-15-8-6-7-9-16(15)18(20-19)17-13(3)10-12(2)11-14(17)4/h10-11,15-16,18,20H,5-9,19H2,1-4H3. The average molecular weight is 274 g/mol. The van der Waals surface area contributed by atoms with E-state index >= 15 is 0 Å². The Morgan fingerprint density at radius 2 is 1.75 bits per heavy atom. The fraction of sp³-hybridized carbons (Fsp3) is 0.667. The van der Waals surface area contributed by atoms with Crippen LogP contribution in [0.2, 0.25) is 0 Å². The molecule has 3 N–H and O–H groups in total. The number of hydrogen-bond donors (Lipinski definition) is 2. The monoisotopic (exact) mass is 274 g/mol. The summed E-state index contributed by atoms with van der Waals surface area (Å²) in [6.45, 7) is 8.95. The van der Waals surface area contributed by atoms with Crippen LogP contribution in [0.25, 0.3) is 0 Å². The minimum Gasteiger partial charge on any atom is -0.271 e. The second-order valence-electron chi connectivity index (χ2n) is 6.57. The van der Waals surface area contributed by atoms with Gasteiger partial charge in [-0.2, -0.15) is 0 Å². The summed E-state index contributed by atoms with van der Waals surface area (Å²) in [4.78, 5) is 0. The minimum atomic E-state index is 0.306. The van der Waals surface area contributed by atoms with Crippen molar-refractivity contribution in [1.29, 1.82) is 0 Å². The zero-order chi connectivity index (χ0) is 14.7. The molecule has 1 fully saturated rings. The lowest BCUT2D eigenvalue weighted by Crippen LogP contribution is -2.38. The largest absolute Gasteiger partial charge is 0.271 e. The quantitative estimate of drug-likeness (QED) is 0.633. The van der Waals surface area contributed by atoms with E-state index in [2.05, 4.69) is 45.3 Å². The fourth-order valence-corrected chi connectivity index (χ4v) is 4.28. The first kappa shape index (κ1) is 15.5. The predicted molar refractivity (Wildman–Crippen MR) is 86.5 cm³/mol. The number of hydrazine groups is 1. The number of nitrogens with one attached hydrogen (secondary N) is 1. The van der Waals surface area contributed by atoms with Crippen LogP contribution in [0, 0.1) is 32.6 Å². The van der Waals surface area contributed by atoms with E-state index in [4.69, 9.17) is 5.84 Å². The molecule has 1 aliphatic carbocycles. The first-order valence-electron chi connectivity index (χ1n) is 8.12. The Kier molecular flexibility index (Phi) is 5.22. The highest BCUT2D eigenvalue weighted by Gasteiger charge is 2.32. The summed E-state index contributed by atoms with van der Waals surface area (Å²) in [5.74, 6) is 7.47. The molecular weight excluding hydrogens is 244 g/mol. The second-order valence-corrected chi connectivity index (χ2v) is 6.57. The van der Waals surface area contributed by atoms with Crippen LogP contribution in [0.15, 0.2) is 12.1 Å². The summed E-state index contributed by atoms with van der Waals surface area (Å²) in [6.07, 6.45) is 6.68. The molecule has 0 aromatic heterocycles. The van der Waals surface area contributed by atoms with Gasteiger partial charge in [0.05, 0.1) is 0 Å². The molecule has 2 nitrogen and oxygen atoms in total. The van der Waals surface area contributed by atoms with Crippen molar-refractivity contribution in [3.8, 4) is 0 Å². The Morgan fingerprint density at radius 3 is 2.30 bits per heavy atom. The molecule has 2 rings (SSSR count). The minimum absolute atomic E-state index is 0.306. The molecule has 1 aliphatic rings. The molecule has 0 heterocycles. The van der Waals surface area contributed by atoms with Gasteiger partial charge in [-0.05, 0) is 55.7 Å². The molecule has 1 aromatic rings. The van der Waals surface area contributed by atoms with Crippen molar-refractivity contribution < 1.29 is 0 Å². The summed E-state index contributed by atoms with van der Waals surface area (Å²) in [5, 5.41) is 0. The summed E-state index contributed by atoms with van der Waals surface area (Å²) in [6, 6.07) is 4.88. The molecule has 1 saturated carbocycles. The molecule has 3 atom stereocenters. The van der Waals surface area contributed by atoms with E-state index < -0.39 is 0 Å². The second kappa shape index (κ2) is 6.73. The van der Waals surface area contributed by atoms with Gasteiger partial charge in [0.1, 0.15) is 0 Å². The van der Waals surface area contributed by atoms with Crippen LogP contribution in [0.1, 0.15) is 67.3 Å². The van der Waals surface area contributed by atoms with Gasteiger partial charge in [-0.25, -0.2) is 0 Å². The van der Waals surface area contributed by atoms with Crippen LogP contribution < -0.4 is 11.3 Å². The smallest absolute Gasteiger partial charge is 0.0496 e. The van der Waals surface area contributed by atoms with Gasteiger partial charge >= 0.3 is 0 Å². The van der Waals surface area contributed by atoms with Crippen molar-refractivity contribution >= 4 is 0 Å². The van der Waals surface area contributed by atoms with Crippen molar-refractivity contribution in [2.24, 2.45) is 17.7 Å². The number of nitrogens with two attached hydrogens (primary N) is 1. The number of benzene rings is 1. The number of rotatable bonds is 4. The zero-order valence-corrected chi connectivity index (χ0v) is 13.5. The summed E-state index contributed by atoms with van der Waals surface area (Å²) in [5.41, 5.74) is 8.69. The molecule has 1 aromatic carbocycles. The van der Waals surface area contributed by atoms with Gasteiger partial charge in [-0.15, -0.1) is 0 Å². The molecule has 0 aliphatic heterocycles. The number of aryl methyl sites for hydroxylation is 3. The highest BCUT2D eigenvalue weighted by Crippen LogP contribution is 2.41. The van der Waals surface area contributed by atoms with Crippen LogP contribution in [0.3, 0.4) is 0 Å². The van der Waals surface area contributed by atoms with Gasteiger partial charge in [-0.1, -0.05) is 50.3 Å². The lowest BCUT2D eigenvalue weighted by Gasteiger charge is -2.38. The van der Waals surface area contributed by atoms with E-state index in [1.54, 1.807) is 0 Å². The SMILES string of the molecule is CCC1CCCCC1C(NN)c1c(C)cc(C)cc1C. The molecule has 2 heteroatoms. The van der Waals surface area contributed by atoms with Crippen LogP contribution in [-0.4, -0.2) is 0 Å². The zero-order valence-electron chi connectivity index (χ0n) is 13.5. The van der Waals surface area contributed by atoms with Crippen molar-refractivity contribution in [1.82, 2.24) is 5.43 Å². The van der Waals surface area contributed by atoms with Gasteiger partial charge in [0.15, 0.2) is 0 Å². The van der Waals surface area contributed by atoms with Gasteiger partial charge in [0.2, 0.25) is 0 Å². The Bertz CT molecular complexity index is 430. The third-order valence-corrected chi connectivity index (χ3v) is 5.15. The van der Waals surface area contributed by atoms with Crippen molar-refractivity contribution in [3.63, 3.8) is 0 Å². The Morgan fingerprint density at radius 1 is 1.15 bits per heavy atom. The maximum absolute atomic E-state index is 5.98. The Hall–Kier alpha value is -0.860. The molecule has 0 radical (unpaired) electrons. The summed E-state index contributed by atoms with van der Waals surface area (Å²) < 4.78 is 0. The predicted octanol–water partition coefficient (Wildman–Crippen LogP) is 4.33. The topological polar surface area (TPSA) is 38.0 Å². The van der Waals surface area contributed by atoms with Crippen molar-refractivity contribution in [2.75, 3.05) is 0 Å². The molecule has 3 unspecified atom stereocenters. The third kappa shape index (κ3) is 3.07. The lowest BCUT2D eigenvalue weighted by atomic mass is 9.71. The first-order valence-corrected chi connectivity index (χ1v) is 8.12. The molecule has 0 saturated heterocycles. The van der Waals surface area contributed by atoms with Crippen LogP contribution in [0.5, 0.6) is 0 Å². The molecule has 112 valence electrons. The fourth-order valence-electron chi connectivity index (χ4n) is 4.28. The highest BCUT2D eigenvalue weighted by molar-refractivity contribution is 5.40. The molecule has 20 heavy (non-hydrogen) atoms. The van der Waals surface area contributed by atoms with Crippen molar-refractivity contribution in [3.05, 3.63) is 34.4 Å². The van der Waals surface area contributed by atoms with Gasteiger partial charge < -0.3 is 0 Å². The Balaban J connectivity index is 2.36. The van der Waals surface area contributed by atoms with E-state index in [0.29, 0.717) is 12.0 Å². The van der Waals surface area contributed by atoms with E-state index in [1.165, 1.54) is 54.4 Å². The maximum Gasteiger partial charge on any atom is 0.0496 e. The number of hydrogen-bond acceptors (Lipinski definition) is 2. The lowest BCUT2D eigenvalue weighted by molar-refractivity contribution is 0.175. The van der Waals surface area contributed by atoms with Gasteiger partial charge in [0, 0.05) is 6.04 Å². The average Bonchev–Trinajstić information content (AvgIpc) is 2.42. The third-order valence-electron chi connectivity index (χ3n) is 5.15. The molecular formula is C18H30N2. The molecule has 0 spiro atoms. The summed E-state index contributed by atoms with van der Waals surface area (Å²) >= 11 is 0. The van der Waals surface area contributed by atoms with E-state index in [1.807, 2.05) is 0 Å². The van der Waals surface area contributed by atoms with Crippen molar-refractivity contribution in [2.45, 2.75) is 65.8 Å². The first-order chi connectivity index (χ1) is 9.58. The highest BCUT2D eigenvalue weighted by atomic mass is 15.2. The van der Waals surface area contributed by atoms with E-state index in [0.717, 1.165) is 5.92 Å². The van der Waals surface area contributed by atoms with E-state index in [9.17, 15) is 0 Å². The normalized spacial score (nSPS) is 24.6. The van der Waals surface area contributed by atoms with Crippen LogP contribution >= 0.6 is 0 Å². The summed E-state index contributed by atoms with van der Waals surface area (Å²) in [7, 11) is 0. The van der Waals surface area contributed by atoms with Gasteiger partial charge in [-0.3, -0.25) is 11.3 Å². The molecule has 0 bridgehead atoms.